The van der Waals surface area contributed by atoms with E-state index in [4.69, 9.17) is 11.1 Å². The van der Waals surface area contributed by atoms with Crippen molar-refractivity contribution in [3.05, 3.63) is 35.4 Å². The van der Waals surface area contributed by atoms with Crippen LogP contribution in [0.2, 0.25) is 0 Å². The Morgan fingerprint density at radius 1 is 1.29 bits per heavy atom. The Balaban J connectivity index is 2.11. The molecule has 0 saturated carbocycles. The second-order valence-electron chi connectivity index (χ2n) is 4.40. The van der Waals surface area contributed by atoms with Gasteiger partial charge in [-0.05, 0) is 5.56 Å². The van der Waals surface area contributed by atoms with Crippen LogP contribution >= 0.6 is 0 Å². The van der Waals surface area contributed by atoms with Gasteiger partial charge in [-0.2, -0.15) is 0 Å². The molecule has 0 aromatic heterocycles. The molecule has 2 atom stereocenters. The zero-order chi connectivity index (χ0) is 12.4. The Hall–Kier alpha value is -1.43. The Morgan fingerprint density at radius 2 is 1.88 bits per heavy atom. The zero-order valence-corrected chi connectivity index (χ0v) is 9.50. The van der Waals surface area contributed by atoms with Gasteiger partial charge in [0, 0.05) is 25.2 Å². The molecular formula is C12H17N3O2. The lowest BCUT2D eigenvalue weighted by Crippen LogP contribution is -2.24. The highest BCUT2D eigenvalue weighted by Gasteiger charge is 2.29. The standard InChI is InChI=1S/C12H17N3O2/c13-12(14)9-4-2-1-3-8(9)5-15-6-10(16)11(17)7-15/h1-4,10-11,16-17H,5-7H2,(H3,13,14). The topological polar surface area (TPSA) is 93.6 Å². The third kappa shape index (κ3) is 2.63. The minimum Gasteiger partial charge on any atom is -0.389 e. The number of nitrogens with two attached hydrogens (primary N) is 1. The van der Waals surface area contributed by atoms with Crippen LogP contribution in [0.4, 0.5) is 0 Å². The zero-order valence-electron chi connectivity index (χ0n) is 9.50. The van der Waals surface area contributed by atoms with E-state index in [9.17, 15) is 10.2 Å². The summed E-state index contributed by atoms with van der Waals surface area (Å²) in [5.41, 5.74) is 7.17. The molecule has 2 unspecified atom stereocenters. The fraction of sp³-hybridized carbons (Fsp3) is 0.417. The molecule has 1 aliphatic rings. The van der Waals surface area contributed by atoms with Gasteiger partial charge in [0.2, 0.25) is 0 Å². The number of aliphatic hydroxyl groups is 2. The van der Waals surface area contributed by atoms with Crippen LogP contribution in [0.3, 0.4) is 0 Å². The van der Waals surface area contributed by atoms with Crippen molar-refractivity contribution in [3.63, 3.8) is 0 Å². The lowest BCUT2D eigenvalue weighted by Gasteiger charge is -2.16. The smallest absolute Gasteiger partial charge is 0.123 e. The van der Waals surface area contributed by atoms with E-state index in [0.717, 1.165) is 5.56 Å². The van der Waals surface area contributed by atoms with Gasteiger partial charge in [0.1, 0.15) is 5.84 Å². The number of hydrogen-bond donors (Lipinski definition) is 4. The molecule has 5 heteroatoms. The van der Waals surface area contributed by atoms with Gasteiger partial charge in [0.25, 0.3) is 0 Å². The maximum absolute atomic E-state index is 9.47. The largest absolute Gasteiger partial charge is 0.389 e. The van der Waals surface area contributed by atoms with Gasteiger partial charge in [-0.25, -0.2) is 0 Å². The lowest BCUT2D eigenvalue weighted by atomic mass is 10.1. The molecular weight excluding hydrogens is 218 g/mol. The van der Waals surface area contributed by atoms with Crippen LogP contribution in [0, 0.1) is 5.41 Å². The highest BCUT2D eigenvalue weighted by molar-refractivity contribution is 5.96. The first-order valence-electron chi connectivity index (χ1n) is 5.58. The molecule has 5 nitrogen and oxygen atoms in total. The molecule has 1 heterocycles. The summed E-state index contributed by atoms with van der Waals surface area (Å²) >= 11 is 0. The molecule has 1 aromatic rings. The van der Waals surface area contributed by atoms with E-state index in [1.807, 2.05) is 23.1 Å². The highest BCUT2D eigenvalue weighted by Crippen LogP contribution is 2.16. The van der Waals surface area contributed by atoms with Crippen molar-refractivity contribution in [1.82, 2.24) is 4.90 Å². The first-order valence-corrected chi connectivity index (χ1v) is 5.58. The van der Waals surface area contributed by atoms with Crippen molar-refractivity contribution in [2.75, 3.05) is 13.1 Å². The average molecular weight is 235 g/mol. The van der Waals surface area contributed by atoms with Crippen LogP contribution in [0.15, 0.2) is 24.3 Å². The molecule has 0 bridgehead atoms. The fourth-order valence-electron chi connectivity index (χ4n) is 2.14. The van der Waals surface area contributed by atoms with Crippen molar-refractivity contribution in [2.24, 2.45) is 5.73 Å². The number of rotatable bonds is 3. The molecule has 2 rings (SSSR count). The Morgan fingerprint density at radius 3 is 2.47 bits per heavy atom. The molecule has 0 spiro atoms. The van der Waals surface area contributed by atoms with Crippen molar-refractivity contribution >= 4 is 5.84 Å². The first kappa shape index (κ1) is 12.0. The van der Waals surface area contributed by atoms with Crippen LogP contribution < -0.4 is 5.73 Å². The van der Waals surface area contributed by atoms with Gasteiger partial charge >= 0.3 is 0 Å². The number of benzene rings is 1. The Kier molecular flexibility index (Phi) is 3.42. The average Bonchev–Trinajstić information content (AvgIpc) is 2.58. The van der Waals surface area contributed by atoms with E-state index in [2.05, 4.69) is 0 Å². The molecule has 1 aromatic carbocycles. The van der Waals surface area contributed by atoms with Crippen LogP contribution in [0.1, 0.15) is 11.1 Å². The van der Waals surface area contributed by atoms with Crippen molar-refractivity contribution in [1.29, 1.82) is 5.41 Å². The second-order valence-corrected chi connectivity index (χ2v) is 4.40. The number of hydrogen-bond acceptors (Lipinski definition) is 4. The van der Waals surface area contributed by atoms with Crippen LogP contribution in [0.5, 0.6) is 0 Å². The second kappa shape index (κ2) is 4.83. The van der Waals surface area contributed by atoms with Crippen LogP contribution in [-0.4, -0.2) is 46.2 Å². The maximum Gasteiger partial charge on any atom is 0.123 e. The SMILES string of the molecule is N=C(N)c1ccccc1CN1CC(O)C(O)C1. The van der Waals surface area contributed by atoms with Crippen molar-refractivity contribution in [2.45, 2.75) is 18.8 Å². The molecule has 1 saturated heterocycles. The number of nitrogen functional groups attached to an aromatic ring is 1. The summed E-state index contributed by atoms with van der Waals surface area (Å²) in [5.74, 6) is 0.0425. The van der Waals surface area contributed by atoms with E-state index >= 15 is 0 Å². The monoisotopic (exact) mass is 235 g/mol. The van der Waals surface area contributed by atoms with E-state index in [0.29, 0.717) is 25.2 Å². The summed E-state index contributed by atoms with van der Waals surface area (Å²) in [7, 11) is 0. The molecule has 0 aliphatic carbocycles. The third-order valence-electron chi connectivity index (χ3n) is 3.04. The number of β-amino-alcohol motifs (C(OH)–C–C–N with tert-alkyl or cyclic N) is 2. The van der Waals surface area contributed by atoms with Gasteiger partial charge in [-0.3, -0.25) is 10.3 Å². The molecule has 1 fully saturated rings. The lowest BCUT2D eigenvalue weighted by molar-refractivity contribution is 0.0572. The predicted molar refractivity (Wildman–Crippen MR) is 64.7 cm³/mol. The fourth-order valence-corrected chi connectivity index (χ4v) is 2.14. The van der Waals surface area contributed by atoms with Gasteiger partial charge in [0.05, 0.1) is 12.2 Å². The third-order valence-corrected chi connectivity index (χ3v) is 3.04. The Bertz CT molecular complexity index is 412. The summed E-state index contributed by atoms with van der Waals surface area (Å²) in [6.07, 6.45) is -1.36. The van der Waals surface area contributed by atoms with Gasteiger partial charge in [-0.1, -0.05) is 24.3 Å². The number of likely N-dealkylation sites (tertiary alicyclic amines) is 1. The van der Waals surface area contributed by atoms with Crippen LogP contribution in [-0.2, 0) is 6.54 Å². The van der Waals surface area contributed by atoms with E-state index in [-0.39, 0.29) is 5.84 Å². The molecule has 0 radical (unpaired) electrons. The van der Waals surface area contributed by atoms with E-state index in [1.165, 1.54) is 0 Å². The van der Waals surface area contributed by atoms with Crippen molar-refractivity contribution in [3.8, 4) is 0 Å². The minimum atomic E-state index is -0.681. The molecule has 1 aliphatic heterocycles. The highest BCUT2D eigenvalue weighted by atomic mass is 16.3. The molecule has 0 amide bonds. The normalized spacial score (nSPS) is 25.1. The number of amidine groups is 1. The summed E-state index contributed by atoms with van der Waals surface area (Å²) < 4.78 is 0. The summed E-state index contributed by atoms with van der Waals surface area (Å²) in [6, 6.07) is 7.45. The number of nitrogens with zero attached hydrogens (tertiary/aromatic N) is 1. The first-order chi connectivity index (χ1) is 8.08. The van der Waals surface area contributed by atoms with E-state index in [1.54, 1.807) is 6.07 Å². The molecule has 5 N–H and O–H groups in total. The summed E-state index contributed by atoms with van der Waals surface area (Å²) in [4.78, 5) is 1.96. The number of nitrogens with one attached hydrogen (secondary N) is 1. The summed E-state index contributed by atoms with van der Waals surface area (Å²) in [5, 5.41) is 26.4. The predicted octanol–water partition coefficient (Wildman–Crippen LogP) is -0.492. The van der Waals surface area contributed by atoms with Crippen LogP contribution in [0.25, 0.3) is 0 Å². The minimum absolute atomic E-state index is 0.0425. The van der Waals surface area contributed by atoms with Gasteiger partial charge in [-0.15, -0.1) is 0 Å². The molecule has 92 valence electrons. The Labute approximate surface area is 100.0 Å². The van der Waals surface area contributed by atoms with E-state index < -0.39 is 12.2 Å². The number of aliphatic hydroxyl groups excluding tert-OH is 2. The van der Waals surface area contributed by atoms with Gasteiger partial charge in [0.15, 0.2) is 0 Å². The van der Waals surface area contributed by atoms with Crippen molar-refractivity contribution < 1.29 is 10.2 Å². The maximum atomic E-state index is 9.47. The van der Waals surface area contributed by atoms with Gasteiger partial charge < -0.3 is 15.9 Å². The molecule has 17 heavy (non-hydrogen) atoms. The quantitative estimate of drug-likeness (QED) is 0.420. The summed E-state index contributed by atoms with van der Waals surface area (Å²) in [6.45, 7) is 1.49.